The summed E-state index contributed by atoms with van der Waals surface area (Å²) in [7, 11) is 1.64. The highest BCUT2D eigenvalue weighted by atomic mass is 16.5. The molecule has 0 radical (unpaired) electrons. The van der Waals surface area contributed by atoms with E-state index in [1.807, 2.05) is 42.2 Å². The first-order valence-corrected chi connectivity index (χ1v) is 10.6. The van der Waals surface area contributed by atoms with Gasteiger partial charge >= 0.3 is 0 Å². The van der Waals surface area contributed by atoms with Gasteiger partial charge in [-0.3, -0.25) is 9.59 Å². The Bertz CT molecular complexity index is 851. The van der Waals surface area contributed by atoms with E-state index in [4.69, 9.17) is 9.47 Å². The molecular weight excluding hydrogens is 380 g/mol. The molecule has 0 bridgehead atoms. The average Bonchev–Trinajstić information content (AvgIpc) is 3.04. The van der Waals surface area contributed by atoms with E-state index in [1.165, 1.54) is 0 Å². The molecule has 6 heteroatoms. The Morgan fingerprint density at radius 3 is 2.57 bits per heavy atom. The highest BCUT2D eigenvalue weighted by Gasteiger charge is 2.27. The molecule has 1 aliphatic rings. The van der Waals surface area contributed by atoms with Crippen molar-refractivity contribution in [1.82, 2.24) is 10.2 Å². The van der Waals surface area contributed by atoms with E-state index in [-0.39, 0.29) is 24.4 Å². The molecule has 0 aliphatic carbocycles. The van der Waals surface area contributed by atoms with E-state index < -0.39 is 0 Å². The molecule has 1 unspecified atom stereocenters. The Labute approximate surface area is 178 Å². The minimum absolute atomic E-state index is 0.0125. The number of carbonyl (C=O) groups is 2. The van der Waals surface area contributed by atoms with Crippen LogP contribution in [0.1, 0.15) is 54.6 Å². The molecule has 160 valence electrons. The summed E-state index contributed by atoms with van der Waals surface area (Å²) in [4.78, 5) is 27.6. The number of likely N-dealkylation sites (tertiary alicyclic amines) is 1. The predicted octanol–water partition coefficient (Wildman–Crippen LogP) is 3.97. The van der Waals surface area contributed by atoms with E-state index in [0.29, 0.717) is 24.5 Å². The molecule has 2 amide bonds. The third-order valence-electron chi connectivity index (χ3n) is 5.41. The van der Waals surface area contributed by atoms with Crippen LogP contribution in [-0.4, -0.2) is 43.5 Å². The van der Waals surface area contributed by atoms with Crippen LogP contribution in [-0.2, 0) is 4.79 Å². The fraction of sp³-hybridized carbons (Fsp3) is 0.417. The Morgan fingerprint density at radius 2 is 1.83 bits per heavy atom. The first kappa shape index (κ1) is 21.7. The molecule has 0 spiro atoms. The molecule has 0 saturated carbocycles. The Balaban J connectivity index is 1.69. The van der Waals surface area contributed by atoms with Crippen LogP contribution in [0, 0.1) is 0 Å². The maximum Gasteiger partial charge on any atom is 0.255 e. The Hall–Kier alpha value is -3.02. The zero-order valence-electron chi connectivity index (χ0n) is 17.7. The van der Waals surface area contributed by atoms with Gasteiger partial charge in [0.2, 0.25) is 5.91 Å². The molecule has 3 rings (SSSR count). The standard InChI is InChI=1S/C24H30N2O4/c1-3-30-22-11-7-6-9-20(22)24(28)25-17-23(27)26-16-8-4-5-10-21(26)18-12-14-19(29-2)15-13-18/h6-7,9,11-15,21H,3-5,8,10,16-17H2,1-2H3,(H,25,28). The maximum atomic E-state index is 13.1. The van der Waals surface area contributed by atoms with E-state index in [1.54, 1.807) is 25.3 Å². The highest BCUT2D eigenvalue weighted by Crippen LogP contribution is 2.31. The van der Waals surface area contributed by atoms with Crippen molar-refractivity contribution >= 4 is 11.8 Å². The van der Waals surface area contributed by atoms with Crippen LogP contribution in [0.3, 0.4) is 0 Å². The van der Waals surface area contributed by atoms with Gasteiger partial charge in [-0.2, -0.15) is 0 Å². The summed E-state index contributed by atoms with van der Waals surface area (Å²) in [5.41, 5.74) is 1.54. The first-order chi connectivity index (χ1) is 14.6. The van der Waals surface area contributed by atoms with E-state index >= 15 is 0 Å². The van der Waals surface area contributed by atoms with Crippen molar-refractivity contribution in [2.75, 3.05) is 26.8 Å². The molecule has 0 aromatic heterocycles. The third-order valence-corrected chi connectivity index (χ3v) is 5.41. The number of para-hydroxylation sites is 1. The van der Waals surface area contributed by atoms with Gasteiger partial charge in [0.25, 0.3) is 5.91 Å². The lowest BCUT2D eigenvalue weighted by molar-refractivity contribution is -0.132. The van der Waals surface area contributed by atoms with Crippen molar-refractivity contribution in [3.8, 4) is 11.5 Å². The smallest absolute Gasteiger partial charge is 0.255 e. The van der Waals surface area contributed by atoms with Crippen molar-refractivity contribution in [2.24, 2.45) is 0 Å². The number of methoxy groups -OCH3 is 1. The molecule has 2 aromatic carbocycles. The topological polar surface area (TPSA) is 67.9 Å². The van der Waals surface area contributed by atoms with Gasteiger partial charge in [-0.25, -0.2) is 0 Å². The van der Waals surface area contributed by atoms with Gasteiger partial charge in [-0.1, -0.05) is 37.1 Å². The summed E-state index contributed by atoms with van der Waals surface area (Å²) in [6, 6.07) is 15.0. The number of nitrogens with one attached hydrogen (secondary N) is 1. The Morgan fingerprint density at radius 1 is 1.07 bits per heavy atom. The first-order valence-electron chi connectivity index (χ1n) is 10.6. The van der Waals surface area contributed by atoms with E-state index in [9.17, 15) is 9.59 Å². The van der Waals surface area contributed by atoms with Crippen LogP contribution in [0.5, 0.6) is 11.5 Å². The molecule has 1 N–H and O–H groups in total. The quantitative estimate of drug-likeness (QED) is 0.750. The van der Waals surface area contributed by atoms with E-state index in [0.717, 1.165) is 37.0 Å². The van der Waals surface area contributed by atoms with Crippen LogP contribution in [0.4, 0.5) is 0 Å². The molecule has 1 aliphatic heterocycles. The van der Waals surface area contributed by atoms with E-state index in [2.05, 4.69) is 5.32 Å². The summed E-state index contributed by atoms with van der Waals surface area (Å²) in [6.45, 7) is 3.00. The molecule has 6 nitrogen and oxygen atoms in total. The van der Waals surface area contributed by atoms with Gasteiger partial charge < -0.3 is 19.7 Å². The second kappa shape index (κ2) is 10.7. The summed E-state index contributed by atoms with van der Waals surface area (Å²) < 4.78 is 10.8. The Kier molecular flexibility index (Phi) is 7.71. The third kappa shape index (κ3) is 5.32. The molecular formula is C24H30N2O4. The summed E-state index contributed by atoms with van der Waals surface area (Å²) in [5, 5.41) is 2.78. The maximum absolute atomic E-state index is 13.1. The second-order valence-corrected chi connectivity index (χ2v) is 7.34. The summed E-state index contributed by atoms with van der Waals surface area (Å²) in [6.07, 6.45) is 4.07. The number of amides is 2. The van der Waals surface area contributed by atoms with Crippen LogP contribution in [0.2, 0.25) is 0 Å². The number of ether oxygens (including phenoxy) is 2. The SMILES string of the molecule is CCOc1ccccc1C(=O)NCC(=O)N1CCCCCC1c1ccc(OC)cc1. The summed E-state index contributed by atoms with van der Waals surface area (Å²) >= 11 is 0. The van der Waals surface area contributed by atoms with Crippen molar-refractivity contribution < 1.29 is 19.1 Å². The monoisotopic (exact) mass is 410 g/mol. The largest absolute Gasteiger partial charge is 0.497 e. The van der Waals surface area contributed by atoms with Gasteiger partial charge in [-0.05, 0) is 49.6 Å². The molecule has 30 heavy (non-hydrogen) atoms. The van der Waals surface area contributed by atoms with Crippen LogP contribution in [0.25, 0.3) is 0 Å². The number of hydrogen-bond donors (Lipinski definition) is 1. The fourth-order valence-corrected chi connectivity index (χ4v) is 3.87. The lowest BCUT2D eigenvalue weighted by Crippen LogP contribution is -2.42. The molecule has 2 aromatic rings. The number of nitrogens with zero attached hydrogens (tertiary/aromatic N) is 1. The number of rotatable bonds is 7. The summed E-state index contributed by atoms with van der Waals surface area (Å²) in [5.74, 6) is 0.949. The van der Waals surface area contributed by atoms with Gasteiger partial charge in [0, 0.05) is 6.54 Å². The zero-order valence-corrected chi connectivity index (χ0v) is 17.7. The van der Waals surface area contributed by atoms with Crippen molar-refractivity contribution in [1.29, 1.82) is 0 Å². The lowest BCUT2D eigenvalue weighted by atomic mass is 10.0. The molecule has 1 atom stereocenters. The normalized spacial score (nSPS) is 16.5. The van der Waals surface area contributed by atoms with Crippen molar-refractivity contribution in [3.63, 3.8) is 0 Å². The van der Waals surface area contributed by atoms with Crippen LogP contribution >= 0.6 is 0 Å². The predicted molar refractivity (Wildman–Crippen MR) is 116 cm³/mol. The van der Waals surface area contributed by atoms with Crippen LogP contribution in [0.15, 0.2) is 48.5 Å². The van der Waals surface area contributed by atoms with Crippen LogP contribution < -0.4 is 14.8 Å². The van der Waals surface area contributed by atoms with Gasteiger partial charge in [0.1, 0.15) is 11.5 Å². The van der Waals surface area contributed by atoms with Gasteiger partial charge in [0.05, 0.1) is 31.9 Å². The van der Waals surface area contributed by atoms with Crippen molar-refractivity contribution in [3.05, 3.63) is 59.7 Å². The minimum atomic E-state index is -0.303. The number of carbonyl (C=O) groups excluding carboxylic acids is 2. The lowest BCUT2D eigenvalue weighted by Gasteiger charge is -2.30. The molecule has 1 fully saturated rings. The molecule has 1 saturated heterocycles. The number of hydrogen-bond acceptors (Lipinski definition) is 4. The second-order valence-electron chi connectivity index (χ2n) is 7.34. The highest BCUT2D eigenvalue weighted by molar-refractivity contribution is 5.98. The average molecular weight is 411 g/mol. The zero-order chi connectivity index (χ0) is 21.3. The van der Waals surface area contributed by atoms with Gasteiger partial charge in [-0.15, -0.1) is 0 Å². The van der Waals surface area contributed by atoms with Crippen molar-refractivity contribution in [2.45, 2.75) is 38.6 Å². The number of benzene rings is 2. The minimum Gasteiger partial charge on any atom is -0.497 e. The fourth-order valence-electron chi connectivity index (χ4n) is 3.87. The van der Waals surface area contributed by atoms with Gasteiger partial charge in [0.15, 0.2) is 0 Å². The molecule has 1 heterocycles.